The molecule has 1 aromatic rings. The summed E-state index contributed by atoms with van der Waals surface area (Å²) in [6, 6.07) is 9.97. The summed E-state index contributed by atoms with van der Waals surface area (Å²) in [5.74, 6) is -0.739. The fourth-order valence-electron chi connectivity index (χ4n) is 3.06. The molecule has 1 saturated heterocycles. The monoisotopic (exact) mass is 248 g/mol. The van der Waals surface area contributed by atoms with Crippen LogP contribution in [0, 0.1) is 0 Å². The van der Waals surface area contributed by atoms with Gasteiger partial charge in [0.05, 0.1) is 12.0 Å². The van der Waals surface area contributed by atoms with Gasteiger partial charge in [-0.05, 0) is 32.3 Å². The average Bonchev–Trinajstić information content (AvgIpc) is 2.28. The van der Waals surface area contributed by atoms with Crippen molar-refractivity contribution >= 4 is 5.97 Å². The highest BCUT2D eigenvalue weighted by molar-refractivity contribution is 5.69. The van der Waals surface area contributed by atoms with Crippen LogP contribution in [0.25, 0.3) is 0 Å². The predicted octanol–water partition coefficient (Wildman–Crippen LogP) is 2.99. The van der Waals surface area contributed by atoms with E-state index in [9.17, 15) is 9.90 Å². The Kier molecular flexibility index (Phi) is 3.44. The fraction of sp³-hybridized carbons (Fsp3) is 0.533. The van der Waals surface area contributed by atoms with Crippen LogP contribution in [0.2, 0.25) is 0 Å². The van der Waals surface area contributed by atoms with Gasteiger partial charge < -0.3 is 9.84 Å². The summed E-state index contributed by atoms with van der Waals surface area (Å²) < 4.78 is 5.73. The van der Waals surface area contributed by atoms with Crippen molar-refractivity contribution in [2.24, 2.45) is 0 Å². The number of hydrogen-bond donors (Lipinski definition) is 1. The highest BCUT2D eigenvalue weighted by Crippen LogP contribution is 2.43. The van der Waals surface area contributed by atoms with Crippen molar-refractivity contribution in [1.82, 2.24) is 0 Å². The Morgan fingerprint density at radius 2 is 2.00 bits per heavy atom. The molecule has 0 spiro atoms. The van der Waals surface area contributed by atoms with Crippen molar-refractivity contribution in [3.8, 4) is 0 Å². The molecule has 0 radical (unpaired) electrons. The number of carboxylic acids is 1. The van der Waals surface area contributed by atoms with Crippen LogP contribution in [0.4, 0.5) is 0 Å². The van der Waals surface area contributed by atoms with Gasteiger partial charge in [0.1, 0.15) is 0 Å². The second-order valence-corrected chi connectivity index (χ2v) is 5.75. The normalized spacial score (nSPS) is 26.8. The summed E-state index contributed by atoms with van der Waals surface area (Å²) >= 11 is 0. The lowest BCUT2D eigenvalue weighted by Gasteiger charge is -2.44. The first kappa shape index (κ1) is 13.1. The summed E-state index contributed by atoms with van der Waals surface area (Å²) in [6.45, 7) is 4.69. The van der Waals surface area contributed by atoms with Gasteiger partial charge in [0, 0.05) is 12.0 Å². The smallest absolute Gasteiger partial charge is 0.304 e. The van der Waals surface area contributed by atoms with Crippen molar-refractivity contribution in [2.45, 2.75) is 44.1 Å². The molecule has 0 bridgehead atoms. The topological polar surface area (TPSA) is 46.5 Å². The Morgan fingerprint density at radius 3 is 2.56 bits per heavy atom. The summed E-state index contributed by atoms with van der Waals surface area (Å²) in [6.07, 6.45) is 1.69. The van der Waals surface area contributed by atoms with Gasteiger partial charge in [0.2, 0.25) is 0 Å². The molecule has 3 heteroatoms. The van der Waals surface area contributed by atoms with E-state index in [1.807, 2.05) is 44.2 Å². The molecule has 1 aliphatic heterocycles. The molecule has 2 rings (SSSR count). The summed E-state index contributed by atoms with van der Waals surface area (Å²) in [5, 5.41) is 9.22. The van der Waals surface area contributed by atoms with E-state index >= 15 is 0 Å². The third-order valence-corrected chi connectivity index (χ3v) is 3.71. The van der Waals surface area contributed by atoms with Gasteiger partial charge >= 0.3 is 5.97 Å². The summed E-state index contributed by atoms with van der Waals surface area (Å²) in [4.78, 5) is 11.2. The lowest BCUT2D eigenvalue weighted by atomic mass is 9.67. The van der Waals surface area contributed by atoms with Crippen molar-refractivity contribution < 1.29 is 14.6 Å². The maximum Gasteiger partial charge on any atom is 0.304 e. The Morgan fingerprint density at radius 1 is 1.33 bits per heavy atom. The minimum absolute atomic E-state index is 0.170. The molecule has 0 aliphatic carbocycles. The van der Waals surface area contributed by atoms with Gasteiger partial charge in [-0.25, -0.2) is 0 Å². The van der Waals surface area contributed by atoms with Crippen LogP contribution in [0.3, 0.4) is 0 Å². The zero-order chi connectivity index (χ0) is 13.2. The van der Waals surface area contributed by atoms with Gasteiger partial charge in [-0.1, -0.05) is 30.3 Å². The van der Waals surface area contributed by atoms with Crippen molar-refractivity contribution in [3.63, 3.8) is 0 Å². The van der Waals surface area contributed by atoms with Crippen molar-refractivity contribution in [3.05, 3.63) is 35.9 Å². The van der Waals surface area contributed by atoms with Crippen LogP contribution < -0.4 is 0 Å². The maximum atomic E-state index is 11.2. The van der Waals surface area contributed by atoms with Crippen LogP contribution >= 0.6 is 0 Å². The molecule has 18 heavy (non-hydrogen) atoms. The molecule has 1 aromatic carbocycles. The van der Waals surface area contributed by atoms with E-state index in [0.717, 1.165) is 18.4 Å². The van der Waals surface area contributed by atoms with Gasteiger partial charge in [0.25, 0.3) is 0 Å². The van der Waals surface area contributed by atoms with E-state index < -0.39 is 5.97 Å². The second kappa shape index (κ2) is 4.73. The lowest BCUT2D eigenvalue weighted by molar-refractivity contribution is -0.142. The first-order chi connectivity index (χ1) is 8.44. The lowest BCUT2D eigenvalue weighted by Crippen LogP contribution is -2.45. The van der Waals surface area contributed by atoms with Crippen LogP contribution in [0.1, 0.15) is 38.7 Å². The Balaban J connectivity index is 2.38. The molecule has 0 amide bonds. The number of hydrogen-bond acceptors (Lipinski definition) is 2. The average molecular weight is 248 g/mol. The first-order valence-electron chi connectivity index (χ1n) is 6.35. The standard InChI is InChI=1S/C15H20O3/c1-14(2)11-15(8-9-18-14,10-13(16)17)12-6-4-3-5-7-12/h3-7H,8-11H2,1-2H3,(H,16,17)/t15-/m0/s1. The SMILES string of the molecule is CC1(C)C[C@](CC(=O)O)(c2ccccc2)CCO1. The van der Waals surface area contributed by atoms with Crippen molar-refractivity contribution in [1.29, 1.82) is 0 Å². The molecule has 1 aliphatic rings. The van der Waals surface area contributed by atoms with Crippen LogP contribution in [0.15, 0.2) is 30.3 Å². The molecule has 1 atom stereocenters. The van der Waals surface area contributed by atoms with E-state index in [0.29, 0.717) is 6.61 Å². The zero-order valence-corrected chi connectivity index (χ0v) is 11.0. The molecular formula is C15H20O3. The van der Waals surface area contributed by atoms with E-state index in [2.05, 4.69) is 0 Å². The fourth-order valence-corrected chi connectivity index (χ4v) is 3.06. The number of carbonyl (C=O) groups is 1. The minimum atomic E-state index is -0.739. The Bertz CT molecular complexity index is 425. The summed E-state index contributed by atoms with van der Waals surface area (Å²) in [5.41, 5.74) is 0.557. The van der Waals surface area contributed by atoms with E-state index in [4.69, 9.17) is 4.74 Å². The first-order valence-corrected chi connectivity index (χ1v) is 6.35. The van der Waals surface area contributed by atoms with E-state index in [1.165, 1.54) is 0 Å². The second-order valence-electron chi connectivity index (χ2n) is 5.75. The molecule has 1 N–H and O–H groups in total. The summed E-state index contributed by atoms with van der Waals surface area (Å²) in [7, 11) is 0. The van der Waals surface area contributed by atoms with E-state index in [1.54, 1.807) is 0 Å². The molecule has 0 aromatic heterocycles. The third kappa shape index (κ3) is 2.72. The van der Waals surface area contributed by atoms with Crippen LogP contribution in [-0.2, 0) is 14.9 Å². The Hall–Kier alpha value is -1.35. The Labute approximate surface area is 108 Å². The molecular weight excluding hydrogens is 228 g/mol. The molecule has 1 heterocycles. The quantitative estimate of drug-likeness (QED) is 0.894. The largest absolute Gasteiger partial charge is 0.481 e. The van der Waals surface area contributed by atoms with Gasteiger partial charge in [0.15, 0.2) is 0 Å². The molecule has 3 nitrogen and oxygen atoms in total. The number of aliphatic carboxylic acids is 1. The predicted molar refractivity (Wildman–Crippen MR) is 69.6 cm³/mol. The number of rotatable bonds is 3. The highest BCUT2D eigenvalue weighted by atomic mass is 16.5. The van der Waals surface area contributed by atoms with E-state index in [-0.39, 0.29) is 17.4 Å². The van der Waals surface area contributed by atoms with Crippen molar-refractivity contribution in [2.75, 3.05) is 6.61 Å². The number of carboxylic acid groups (broad SMARTS) is 1. The number of ether oxygens (including phenoxy) is 1. The molecule has 98 valence electrons. The third-order valence-electron chi connectivity index (χ3n) is 3.71. The van der Waals surface area contributed by atoms with Crippen LogP contribution in [0.5, 0.6) is 0 Å². The van der Waals surface area contributed by atoms with Gasteiger partial charge in [-0.2, -0.15) is 0 Å². The highest BCUT2D eigenvalue weighted by Gasteiger charge is 2.43. The number of benzene rings is 1. The molecule has 1 fully saturated rings. The zero-order valence-electron chi connectivity index (χ0n) is 11.0. The van der Waals surface area contributed by atoms with Gasteiger partial charge in [-0.3, -0.25) is 4.79 Å². The minimum Gasteiger partial charge on any atom is -0.481 e. The maximum absolute atomic E-state index is 11.2. The molecule has 0 saturated carbocycles. The van der Waals surface area contributed by atoms with Gasteiger partial charge in [-0.15, -0.1) is 0 Å². The molecule has 0 unspecified atom stereocenters. The van der Waals surface area contributed by atoms with Crippen LogP contribution in [-0.4, -0.2) is 23.3 Å².